The molecule has 0 bridgehead atoms. The molecule has 0 aliphatic heterocycles. The van der Waals surface area contributed by atoms with Crippen LogP contribution in [0.1, 0.15) is 38.8 Å². The third-order valence-corrected chi connectivity index (χ3v) is 2.81. The van der Waals surface area contributed by atoms with Crippen molar-refractivity contribution >= 4 is 34.1 Å². The molecule has 0 saturated heterocycles. The Morgan fingerprint density at radius 2 is 1.50 bits per heavy atom. The van der Waals surface area contributed by atoms with Crippen molar-refractivity contribution in [3.05, 3.63) is 79.8 Å². The summed E-state index contributed by atoms with van der Waals surface area (Å²) in [5.74, 6) is 0. The summed E-state index contributed by atoms with van der Waals surface area (Å²) in [7, 11) is 0. The van der Waals surface area contributed by atoms with Gasteiger partial charge in [-0.3, -0.25) is 0 Å². The monoisotopic (exact) mass is 393 g/mol. The third-order valence-electron chi connectivity index (χ3n) is 2.81. The van der Waals surface area contributed by atoms with Gasteiger partial charge in [0, 0.05) is 11.0 Å². The maximum Gasteiger partial charge on any atom is 4.00 e. The van der Waals surface area contributed by atoms with Crippen molar-refractivity contribution in [3.63, 3.8) is 0 Å². The first-order valence-electron chi connectivity index (χ1n) is 6.70. The van der Waals surface area contributed by atoms with Gasteiger partial charge in [0.05, 0.1) is 0 Å². The minimum Gasteiger partial charge on any atom is -0.673 e. The quantitative estimate of drug-likeness (QED) is 0.372. The van der Waals surface area contributed by atoms with Crippen molar-refractivity contribution in [2.24, 2.45) is 0 Å². The molecule has 4 radical (unpaired) electrons. The van der Waals surface area contributed by atoms with Crippen molar-refractivity contribution in [2.75, 3.05) is 0 Å². The maximum atomic E-state index is 6.94. The van der Waals surface area contributed by atoms with Gasteiger partial charge in [-0.15, -0.1) is 46.6 Å². The molecule has 1 N–H and O–H groups in total. The van der Waals surface area contributed by atoms with Crippen LogP contribution in [0, 0.1) is 20.9 Å². The average Bonchev–Trinajstić information content (AvgIpc) is 2.67. The predicted molar refractivity (Wildman–Crippen MR) is 109 cm³/mol. The molecule has 1 aliphatic carbocycles. The van der Waals surface area contributed by atoms with Crippen molar-refractivity contribution in [2.45, 2.75) is 39.7 Å². The van der Waals surface area contributed by atoms with E-state index in [0.29, 0.717) is 0 Å². The van der Waals surface area contributed by atoms with E-state index in [1.807, 2.05) is 20.8 Å². The molecule has 0 aromatic heterocycles. The summed E-state index contributed by atoms with van der Waals surface area (Å²) < 4.78 is 0. The molecule has 1 nitrogen and oxygen atoms in total. The van der Waals surface area contributed by atoms with Crippen molar-refractivity contribution in [3.8, 4) is 0 Å². The fourth-order valence-electron chi connectivity index (χ4n) is 2.15. The zero-order valence-corrected chi connectivity index (χ0v) is 19.0. The first kappa shape index (κ1) is 31.4. The second kappa shape index (κ2) is 12.9. The summed E-state index contributed by atoms with van der Waals surface area (Å²) >= 11 is 0. The summed E-state index contributed by atoms with van der Waals surface area (Å²) in [6.45, 7) is 7.71. The van der Waals surface area contributed by atoms with Crippen LogP contribution in [0.5, 0.6) is 0 Å². The second-order valence-corrected chi connectivity index (χ2v) is 6.15. The van der Waals surface area contributed by atoms with Crippen molar-refractivity contribution in [1.82, 2.24) is 0 Å². The molecule has 0 unspecified atom stereocenters. The van der Waals surface area contributed by atoms with Crippen molar-refractivity contribution in [1.29, 1.82) is 0 Å². The van der Waals surface area contributed by atoms with Crippen molar-refractivity contribution < 1.29 is 21.7 Å². The Bertz CT molecular complexity index is 627. The third kappa shape index (κ3) is 9.19. The number of rotatable bonds is 0. The smallest absolute Gasteiger partial charge is 0.673 e. The Morgan fingerprint density at radius 1 is 1.00 bits per heavy atom. The van der Waals surface area contributed by atoms with E-state index in [1.54, 1.807) is 0 Å². The Hall–Kier alpha value is -0.379. The summed E-state index contributed by atoms with van der Waals surface area (Å²) in [6.07, 6.45) is 4.53. The Kier molecular flexibility index (Phi) is 16.9. The molecular formula is C20H28ClNSiTi. The molecule has 24 heavy (non-hydrogen) atoms. The first-order valence-corrected chi connectivity index (χ1v) is 6.70. The molecule has 4 heteroatoms. The van der Waals surface area contributed by atoms with Crippen LogP contribution in [-0.2, 0) is 28.1 Å². The zero-order valence-electron chi connectivity index (χ0n) is 15.6. The molecule has 128 valence electrons. The molecule has 0 amide bonds. The van der Waals surface area contributed by atoms with Crippen LogP contribution in [-0.4, -0.2) is 16.5 Å². The molecule has 1 aliphatic rings. The van der Waals surface area contributed by atoms with E-state index in [1.165, 1.54) is 27.5 Å². The number of nitrogens with one attached hydrogen (secondary N) is 1. The van der Waals surface area contributed by atoms with Crippen LogP contribution < -0.4 is 0 Å². The van der Waals surface area contributed by atoms with Crippen LogP contribution >= 0.6 is 12.4 Å². The van der Waals surface area contributed by atoms with Crippen LogP contribution in [0.25, 0.3) is 16.5 Å². The van der Waals surface area contributed by atoms with Gasteiger partial charge in [0.15, 0.2) is 0 Å². The Labute approximate surface area is 174 Å². The zero-order chi connectivity index (χ0) is 14.0. The Morgan fingerprint density at radius 3 is 2.04 bits per heavy atom. The van der Waals surface area contributed by atoms with Gasteiger partial charge in [-0.25, -0.2) is 0 Å². The summed E-state index contributed by atoms with van der Waals surface area (Å²) in [6, 6.07) is 12.9. The average molecular weight is 394 g/mol. The summed E-state index contributed by atoms with van der Waals surface area (Å²) in [5, 5.41) is 2.65. The SMILES string of the molecule is CC(C)(C)[NH-].CC1=[C-]c2c(ccc3ccccc23)C1.Cl.[CH3-].[CH3-].[Si].[Ti+4]. The number of fused-ring (bicyclic) bond motifs is 3. The van der Waals surface area contributed by atoms with E-state index in [9.17, 15) is 0 Å². The number of allylic oxidation sites excluding steroid dienone is 1. The van der Waals surface area contributed by atoms with Crippen LogP contribution in [0.3, 0.4) is 0 Å². The predicted octanol–water partition coefficient (Wildman–Crippen LogP) is 6.27. The van der Waals surface area contributed by atoms with E-state index in [4.69, 9.17) is 5.73 Å². The molecule has 0 fully saturated rings. The van der Waals surface area contributed by atoms with E-state index < -0.39 is 0 Å². The summed E-state index contributed by atoms with van der Waals surface area (Å²) in [4.78, 5) is 0. The molecule has 0 atom stereocenters. The maximum absolute atomic E-state index is 6.94. The van der Waals surface area contributed by atoms with Crippen LogP contribution in [0.15, 0.2) is 42.0 Å². The molecular weight excluding hydrogens is 366 g/mol. The number of benzene rings is 2. The van der Waals surface area contributed by atoms with Gasteiger partial charge in [0.1, 0.15) is 0 Å². The van der Waals surface area contributed by atoms with Crippen LogP contribution in [0.4, 0.5) is 0 Å². The molecule has 0 heterocycles. The van der Waals surface area contributed by atoms with E-state index in [-0.39, 0.29) is 65.5 Å². The topological polar surface area (TPSA) is 23.8 Å². The van der Waals surface area contributed by atoms with Gasteiger partial charge >= 0.3 is 21.7 Å². The van der Waals surface area contributed by atoms with Gasteiger partial charge in [-0.1, -0.05) is 63.8 Å². The van der Waals surface area contributed by atoms with E-state index in [0.717, 1.165) is 6.42 Å². The fourth-order valence-corrected chi connectivity index (χ4v) is 2.15. The first-order chi connectivity index (χ1) is 8.84. The minimum atomic E-state index is -0.250. The molecule has 2 aromatic rings. The number of hydrogen-bond acceptors (Lipinski definition) is 0. The normalized spacial score (nSPS) is 10.8. The van der Waals surface area contributed by atoms with E-state index in [2.05, 4.69) is 49.4 Å². The number of halogens is 1. The molecule has 0 spiro atoms. The van der Waals surface area contributed by atoms with Gasteiger partial charge < -0.3 is 20.6 Å². The summed E-state index contributed by atoms with van der Waals surface area (Å²) in [5.41, 5.74) is 10.8. The van der Waals surface area contributed by atoms with Gasteiger partial charge in [-0.05, 0) is 0 Å². The molecule has 2 aromatic carbocycles. The minimum absolute atomic E-state index is 0. The Balaban J connectivity index is -0.000000181. The van der Waals surface area contributed by atoms with E-state index >= 15 is 0 Å². The number of hydrogen-bond donors (Lipinski definition) is 0. The molecule has 0 saturated carbocycles. The fraction of sp³-hybridized carbons (Fsp3) is 0.300. The van der Waals surface area contributed by atoms with Gasteiger partial charge in [-0.2, -0.15) is 11.6 Å². The second-order valence-electron chi connectivity index (χ2n) is 6.15. The van der Waals surface area contributed by atoms with Gasteiger partial charge in [0.2, 0.25) is 0 Å². The van der Waals surface area contributed by atoms with Crippen LogP contribution in [0.2, 0.25) is 0 Å². The standard InChI is InChI=1S/C14H11.C4H10N.2CH3.ClH.Si.Ti/c1-10-8-12-7-6-11-4-2-3-5-13(11)14(12)9-10;1-4(2,3)5;;;;;/h2-7H,8H2,1H3;5H,1-3H3;2*1H3;1H;;/q4*-1;;;+4. The van der Waals surface area contributed by atoms with Gasteiger partial charge in [0.25, 0.3) is 0 Å². The molecule has 3 rings (SSSR count). The largest absolute Gasteiger partial charge is 4.00 e.